The molecule has 0 saturated heterocycles. The summed E-state index contributed by atoms with van der Waals surface area (Å²) in [4.78, 5) is 2.44. The number of thiophene rings is 1. The maximum atomic E-state index is 6.57. The lowest BCUT2D eigenvalue weighted by atomic mass is 9.89. The van der Waals surface area contributed by atoms with Crippen molar-refractivity contribution < 1.29 is 4.42 Å². The van der Waals surface area contributed by atoms with E-state index in [1.54, 1.807) is 0 Å². The third-order valence-electron chi connectivity index (χ3n) is 12.1. The monoisotopic (exact) mass is 795 g/mol. The van der Waals surface area contributed by atoms with Gasteiger partial charge in [0.2, 0.25) is 0 Å². The van der Waals surface area contributed by atoms with E-state index in [1.165, 1.54) is 69.9 Å². The molecule has 0 fully saturated rings. The van der Waals surface area contributed by atoms with Crippen LogP contribution in [-0.4, -0.2) is 0 Å². The van der Waals surface area contributed by atoms with Gasteiger partial charge in [0.25, 0.3) is 0 Å². The molecule has 2 aromatic heterocycles. The fraction of sp³-hybridized carbons (Fsp3) is 0. The first-order valence-corrected chi connectivity index (χ1v) is 21.6. The predicted octanol–water partition coefficient (Wildman–Crippen LogP) is 17.2. The first-order valence-electron chi connectivity index (χ1n) is 20.7. The highest BCUT2D eigenvalue weighted by Gasteiger charge is 2.23. The first kappa shape index (κ1) is 35.2. The van der Waals surface area contributed by atoms with Gasteiger partial charge in [-0.1, -0.05) is 170 Å². The molecule has 0 aliphatic rings. The van der Waals surface area contributed by atoms with Crippen LogP contribution in [-0.2, 0) is 0 Å². The molecule has 0 saturated carbocycles. The van der Waals surface area contributed by atoms with Gasteiger partial charge in [0, 0.05) is 42.3 Å². The lowest BCUT2D eigenvalue weighted by Crippen LogP contribution is -2.10. The summed E-state index contributed by atoms with van der Waals surface area (Å²) in [7, 11) is 0. The average Bonchev–Trinajstić information content (AvgIpc) is 3.91. The van der Waals surface area contributed by atoms with Crippen LogP contribution < -0.4 is 4.90 Å². The smallest absolute Gasteiger partial charge is 0.136 e. The van der Waals surface area contributed by atoms with Crippen molar-refractivity contribution in [3.63, 3.8) is 0 Å². The predicted molar refractivity (Wildman–Crippen MR) is 261 cm³/mol. The number of anilines is 3. The molecule has 0 unspecified atom stereocenters. The Bertz CT molecular complexity index is 3570. The second-order valence-electron chi connectivity index (χ2n) is 15.6. The number of furan rings is 1. The number of nitrogens with zero attached hydrogens (tertiary/aromatic N) is 1. The van der Waals surface area contributed by atoms with E-state index in [4.69, 9.17) is 4.42 Å². The Kier molecular flexibility index (Phi) is 8.39. The minimum absolute atomic E-state index is 0.870. The largest absolute Gasteiger partial charge is 0.456 e. The lowest BCUT2D eigenvalue weighted by Gasteiger charge is -2.27. The Labute approximate surface area is 357 Å². The quantitative estimate of drug-likeness (QED) is 0.160. The van der Waals surface area contributed by atoms with Crippen molar-refractivity contribution in [3.8, 4) is 44.5 Å². The zero-order valence-electron chi connectivity index (χ0n) is 33.1. The van der Waals surface area contributed by atoms with Gasteiger partial charge in [-0.05, 0) is 110 Å². The molecule has 0 spiro atoms. The van der Waals surface area contributed by atoms with Crippen molar-refractivity contribution in [2.24, 2.45) is 0 Å². The van der Waals surface area contributed by atoms with E-state index in [9.17, 15) is 0 Å². The molecule has 3 heteroatoms. The van der Waals surface area contributed by atoms with Gasteiger partial charge >= 0.3 is 0 Å². The van der Waals surface area contributed by atoms with Crippen molar-refractivity contribution in [2.45, 2.75) is 0 Å². The highest BCUT2D eigenvalue weighted by molar-refractivity contribution is 7.26. The average molecular weight is 796 g/mol. The molecule has 0 bridgehead atoms. The van der Waals surface area contributed by atoms with E-state index >= 15 is 0 Å². The third-order valence-corrected chi connectivity index (χ3v) is 13.3. The normalized spacial score (nSPS) is 11.6. The summed E-state index contributed by atoms with van der Waals surface area (Å²) < 4.78 is 9.11. The van der Waals surface area contributed by atoms with Gasteiger partial charge in [0.1, 0.15) is 11.2 Å². The maximum absolute atomic E-state index is 6.57. The van der Waals surface area contributed by atoms with Gasteiger partial charge in [-0.25, -0.2) is 0 Å². The molecule has 0 amide bonds. The van der Waals surface area contributed by atoms with Crippen LogP contribution in [0.2, 0.25) is 0 Å². The second-order valence-corrected chi connectivity index (χ2v) is 16.7. The zero-order valence-corrected chi connectivity index (χ0v) is 33.9. The molecule has 0 aliphatic heterocycles. The van der Waals surface area contributed by atoms with Crippen LogP contribution in [0.5, 0.6) is 0 Å². The molecule has 286 valence electrons. The Morgan fingerprint density at radius 2 is 0.984 bits per heavy atom. The Morgan fingerprint density at radius 1 is 0.361 bits per heavy atom. The molecule has 0 N–H and O–H groups in total. The van der Waals surface area contributed by atoms with Crippen LogP contribution in [0.1, 0.15) is 0 Å². The molecule has 10 aromatic carbocycles. The SMILES string of the molecule is c1ccc(-c2ccc3c(c2)oc2ccc(N(c4ccc(-c5ccc6ccccc6c5-c5ccccc5)cc4)c4ccc(-c5ccccc5)c5sc6ccccc6c45)cc23)cc1. The van der Waals surface area contributed by atoms with Crippen molar-refractivity contribution in [1.29, 1.82) is 0 Å². The summed E-state index contributed by atoms with van der Waals surface area (Å²) in [5, 5.41) is 7.17. The van der Waals surface area contributed by atoms with E-state index < -0.39 is 0 Å². The number of hydrogen-bond donors (Lipinski definition) is 0. The second kappa shape index (κ2) is 14.5. The van der Waals surface area contributed by atoms with Crippen LogP contribution >= 0.6 is 11.3 Å². The maximum Gasteiger partial charge on any atom is 0.136 e. The summed E-state index contributed by atoms with van der Waals surface area (Å²) in [6, 6.07) is 81.1. The first-order chi connectivity index (χ1) is 30.2. The molecule has 0 atom stereocenters. The molecule has 12 aromatic rings. The molecule has 0 radical (unpaired) electrons. The zero-order chi connectivity index (χ0) is 40.3. The van der Waals surface area contributed by atoms with Crippen LogP contribution in [0.25, 0.3) is 97.4 Å². The third kappa shape index (κ3) is 6.01. The van der Waals surface area contributed by atoms with Gasteiger partial charge in [0.05, 0.1) is 5.69 Å². The summed E-state index contributed by atoms with van der Waals surface area (Å²) >= 11 is 1.87. The fourth-order valence-electron chi connectivity index (χ4n) is 9.20. The van der Waals surface area contributed by atoms with Crippen molar-refractivity contribution in [1.82, 2.24) is 0 Å². The minimum Gasteiger partial charge on any atom is -0.456 e. The molecule has 2 heterocycles. The topological polar surface area (TPSA) is 16.4 Å². The van der Waals surface area contributed by atoms with E-state index in [0.29, 0.717) is 0 Å². The van der Waals surface area contributed by atoms with Crippen molar-refractivity contribution in [2.75, 3.05) is 4.90 Å². The van der Waals surface area contributed by atoms with Gasteiger partial charge in [-0.15, -0.1) is 11.3 Å². The number of benzene rings is 10. The molecule has 61 heavy (non-hydrogen) atoms. The molecule has 12 rings (SSSR count). The number of rotatable bonds is 7. The van der Waals surface area contributed by atoms with E-state index in [0.717, 1.165) is 44.6 Å². The van der Waals surface area contributed by atoms with Crippen molar-refractivity contribution in [3.05, 3.63) is 224 Å². The van der Waals surface area contributed by atoms with Gasteiger partial charge < -0.3 is 9.32 Å². The van der Waals surface area contributed by atoms with Crippen LogP contribution in [0, 0.1) is 0 Å². The summed E-state index contributed by atoms with van der Waals surface area (Å²) in [5.74, 6) is 0. The summed E-state index contributed by atoms with van der Waals surface area (Å²) in [6.07, 6.45) is 0. The standard InChI is InChI=1S/C58H37NOS/c1-4-14-38(15-5-1)43-27-32-49-51-37-45(30-35-53(51)60-54(49)36-43)59(52-34-33-48(39-16-6-2-7-17-39)58-57(52)50-22-12-13-23-55(50)61-58)44-28-24-41(25-29-44)47-31-26-40-18-10-11-21-46(40)56(47)42-19-8-3-9-20-42/h1-37H. The summed E-state index contributed by atoms with van der Waals surface area (Å²) in [5.41, 5.74) is 14.6. The van der Waals surface area contributed by atoms with E-state index in [1.807, 2.05) is 11.3 Å². The lowest BCUT2D eigenvalue weighted by molar-refractivity contribution is 0.669. The van der Waals surface area contributed by atoms with Crippen LogP contribution in [0.4, 0.5) is 17.1 Å². The minimum atomic E-state index is 0.870. The highest BCUT2D eigenvalue weighted by atomic mass is 32.1. The van der Waals surface area contributed by atoms with Crippen LogP contribution in [0.3, 0.4) is 0 Å². The highest BCUT2D eigenvalue weighted by Crippen LogP contribution is 2.49. The van der Waals surface area contributed by atoms with Gasteiger partial charge in [0.15, 0.2) is 0 Å². The van der Waals surface area contributed by atoms with E-state index in [-0.39, 0.29) is 0 Å². The van der Waals surface area contributed by atoms with E-state index in [2.05, 4.69) is 229 Å². The fourth-order valence-corrected chi connectivity index (χ4v) is 10.5. The Hall–Kier alpha value is -7.72. The van der Waals surface area contributed by atoms with Gasteiger partial charge in [-0.2, -0.15) is 0 Å². The molecule has 2 nitrogen and oxygen atoms in total. The van der Waals surface area contributed by atoms with Crippen LogP contribution in [0.15, 0.2) is 229 Å². The summed E-state index contributed by atoms with van der Waals surface area (Å²) in [6.45, 7) is 0. The molecular weight excluding hydrogens is 759 g/mol. The molecule has 0 aliphatic carbocycles. The molecular formula is C58H37NOS. The number of fused-ring (bicyclic) bond motifs is 7. The van der Waals surface area contributed by atoms with Gasteiger partial charge in [-0.3, -0.25) is 0 Å². The Balaban J connectivity index is 1.07. The Morgan fingerprint density at radius 3 is 1.77 bits per heavy atom. The number of hydrogen-bond acceptors (Lipinski definition) is 3. The van der Waals surface area contributed by atoms with Crippen molar-refractivity contribution >= 4 is 81.3 Å².